The predicted octanol–water partition coefficient (Wildman–Crippen LogP) is 0.0547. The molecule has 21 heavy (non-hydrogen) atoms. The van der Waals surface area contributed by atoms with E-state index in [9.17, 15) is 12.8 Å². The normalized spacial score (nSPS) is 24.2. The van der Waals surface area contributed by atoms with Crippen molar-refractivity contribution in [2.75, 3.05) is 19.7 Å². The minimum absolute atomic E-state index is 0.00450. The van der Waals surface area contributed by atoms with Crippen molar-refractivity contribution >= 4 is 10.0 Å². The molecule has 1 fully saturated rings. The molecule has 2 atom stereocenters. The van der Waals surface area contributed by atoms with Gasteiger partial charge in [-0.25, -0.2) is 12.8 Å². The summed E-state index contributed by atoms with van der Waals surface area (Å²) >= 11 is 0. The van der Waals surface area contributed by atoms with E-state index in [2.05, 4.69) is 0 Å². The Bertz CT molecular complexity index is 608. The van der Waals surface area contributed by atoms with Crippen molar-refractivity contribution in [1.82, 2.24) is 4.31 Å². The average molecular weight is 318 g/mol. The van der Waals surface area contributed by atoms with Gasteiger partial charge in [0, 0.05) is 25.2 Å². The first kappa shape index (κ1) is 16.3. The van der Waals surface area contributed by atoms with Crippen LogP contribution in [-0.4, -0.2) is 49.7 Å². The van der Waals surface area contributed by atoms with Gasteiger partial charge in [0.05, 0.1) is 23.7 Å². The molecular formula is C13H19FN2O4S. The van der Waals surface area contributed by atoms with Gasteiger partial charge in [-0.05, 0) is 25.1 Å². The highest BCUT2D eigenvalue weighted by Gasteiger charge is 2.33. The third kappa shape index (κ3) is 3.41. The minimum Gasteiger partial charge on any atom is -0.394 e. The fourth-order valence-corrected chi connectivity index (χ4v) is 3.92. The number of hydrogen-bond donors (Lipinski definition) is 2. The standard InChI is InChI=1S/C13H19FN2O4S/c1-9-6-16(7-11(8-17)20-9)21(18,19)12-2-3-13(14)10(4-12)5-15/h2-4,9,11,17H,5-8,15H2,1H3. The van der Waals surface area contributed by atoms with Crippen LogP contribution in [0.2, 0.25) is 0 Å². The summed E-state index contributed by atoms with van der Waals surface area (Å²) in [5.41, 5.74) is 5.55. The molecule has 0 aliphatic carbocycles. The predicted molar refractivity (Wildman–Crippen MR) is 74.5 cm³/mol. The zero-order valence-electron chi connectivity index (χ0n) is 11.7. The maximum Gasteiger partial charge on any atom is 0.243 e. The molecule has 3 N–H and O–H groups in total. The summed E-state index contributed by atoms with van der Waals surface area (Å²) in [6, 6.07) is 3.57. The zero-order valence-corrected chi connectivity index (χ0v) is 12.5. The van der Waals surface area contributed by atoms with Crippen LogP contribution in [0, 0.1) is 5.82 Å². The van der Waals surface area contributed by atoms with Crippen LogP contribution in [0.15, 0.2) is 23.1 Å². The molecule has 1 aromatic carbocycles. The van der Waals surface area contributed by atoms with Crippen LogP contribution in [0.5, 0.6) is 0 Å². The summed E-state index contributed by atoms with van der Waals surface area (Å²) in [4.78, 5) is -0.00450. The largest absolute Gasteiger partial charge is 0.394 e. The molecule has 118 valence electrons. The van der Waals surface area contributed by atoms with Crippen LogP contribution < -0.4 is 5.73 Å². The molecule has 2 unspecified atom stereocenters. The van der Waals surface area contributed by atoms with Crippen molar-refractivity contribution in [2.24, 2.45) is 5.73 Å². The van der Waals surface area contributed by atoms with Gasteiger partial charge >= 0.3 is 0 Å². The van der Waals surface area contributed by atoms with E-state index in [0.717, 1.165) is 6.07 Å². The highest BCUT2D eigenvalue weighted by Crippen LogP contribution is 2.22. The molecular weight excluding hydrogens is 299 g/mol. The number of aliphatic hydroxyl groups is 1. The molecule has 0 aromatic heterocycles. The Morgan fingerprint density at radius 2 is 2.19 bits per heavy atom. The van der Waals surface area contributed by atoms with E-state index in [0.29, 0.717) is 0 Å². The van der Waals surface area contributed by atoms with Gasteiger partial charge in [-0.1, -0.05) is 0 Å². The third-order valence-corrected chi connectivity index (χ3v) is 5.20. The number of rotatable bonds is 4. The van der Waals surface area contributed by atoms with E-state index in [1.165, 1.54) is 16.4 Å². The highest BCUT2D eigenvalue weighted by molar-refractivity contribution is 7.89. The smallest absolute Gasteiger partial charge is 0.243 e. The van der Waals surface area contributed by atoms with E-state index in [4.69, 9.17) is 15.6 Å². The molecule has 1 aliphatic rings. The maximum atomic E-state index is 13.4. The Labute approximate surface area is 123 Å². The van der Waals surface area contributed by atoms with Crippen molar-refractivity contribution in [3.8, 4) is 0 Å². The molecule has 1 aliphatic heterocycles. The SMILES string of the molecule is CC1CN(S(=O)(=O)c2ccc(F)c(CN)c2)CC(CO)O1. The van der Waals surface area contributed by atoms with Gasteiger partial charge in [0.15, 0.2) is 0 Å². The first-order chi connectivity index (χ1) is 9.88. The van der Waals surface area contributed by atoms with Gasteiger partial charge < -0.3 is 15.6 Å². The molecule has 0 amide bonds. The van der Waals surface area contributed by atoms with Crippen LogP contribution in [0.4, 0.5) is 4.39 Å². The summed E-state index contributed by atoms with van der Waals surface area (Å²) < 4.78 is 45.3. The quantitative estimate of drug-likeness (QED) is 0.818. The Morgan fingerprint density at radius 1 is 1.48 bits per heavy atom. The lowest BCUT2D eigenvalue weighted by Gasteiger charge is -2.35. The molecule has 1 aromatic rings. The van der Waals surface area contributed by atoms with Crippen LogP contribution in [0.1, 0.15) is 12.5 Å². The van der Waals surface area contributed by atoms with Gasteiger partial charge in [0.2, 0.25) is 10.0 Å². The number of morpholine rings is 1. The summed E-state index contributed by atoms with van der Waals surface area (Å²) in [5, 5.41) is 9.17. The van der Waals surface area contributed by atoms with E-state index < -0.39 is 21.9 Å². The van der Waals surface area contributed by atoms with Gasteiger partial charge in [0.1, 0.15) is 5.82 Å². The first-order valence-corrected chi connectivity index (χ1v) is 8.07. The number of nitrogens with zero attached hydrogens (tertiary/aromatic N) is 1. The molecule has 8 heteroatoms. The second kappa shape index (κ2) is 6.37. The van der Waals surface area contributed by atoms with Gasteiger partial charge in [-0.15, -0.1) is 0 Å². The van der Waals surface area contributed by atoms with E-state index in [-0.39, 0.29) is 42.8 Å². The molecule has 1 saturated heterocycles. The van der Waals surface area contributed by atoms with Crippen LogP contribution in [-0.2, 0) is 21.3 Å². The number of sulfonamides is 1. The summed E-state index contributed by atoms with van der Waals surface area (Å²) in [7, 11) is -3.77. The number of ether oxygens (including phenoxy) is 1. The fourth-order valence-electron chi connectivity index (χ4n) is 2.32. The summed E-state index contributed by atoms with van der Waals surface area (Å²) in [5.74, 6) is -0.528. The van der Waals surface area contributed by atoms with Crippen molar-refractivity contribution < 1.29 is 22.7 Å². The fraction of sp³-hybridized carbons (Fsp3) is 0.538. The Balaban J connectivity index is 2.33. The molecule has 1 heterocycles. The summed E-state index contributed by atoms with van der Waals surface area (Å²) in [6.07, 6.45) is -0.877. The van der Waals surface area contributed by atoms with E-state index in [1.807, 2.05) is 0 Å². The lowest BCUT2D eigenvalue weighted by atomic mass is 10.2. The minimum atomic E-state index is -3.77. The van der Waals surface area contributed by atoms with Crippen molar-refractivity contribution in [3.63, 3.8) is 0 Å². The van der Waals surface area contributed by atoms with Crippen molar-refractivity contribution in [1.29, 1.82) is 0 Å². The lowest BCUT2D eigenvalue weighted by Crippen LogP contribution is -2.50. The Hall–Kier alpha value is -1.06. The van der Waals surface area contributed by atoms with Crippen molar-refractivity contribution in [3.05, 3.63) is 29.6 Å². The topological polar surface area (TPSA) is 92.9 Å². The Kier molecular flexibility index (Phi) is 4.95. The lowest BCUT2D eigenvalue weighted by molar-refractivity contribution is -0.0750. The number of aliphatic hydroxyl groups excluding tert-OH is 1. The molecule has 0 saturated carbocycles. The van der Waals surface area contributed by atoms with E-state index in [1.54, 1.807) is 6.92 Å². The molecule has 0 radical (unpaired) electrons. The summed E-state index contributed by atoms with van der Waals surface area (Å²) in [6.45, 7) is 1.66. The van der Waals surface area contributed by atoms with Crippen LogP contribution >= 0.6 is 0 Å². The highest BCUT2D eigenvalue weighted by atomic mass is 32.2. The molecule has 2 rings (SSSR count). The van der Waals surface area contributed by atoms with Crippen molar-refractivity contribution in [2.45, 2.75) is 30.6 Å². The maximum absolute atomic E-state index is 13.4. The second-order valence-corrected chi connectivity index (χ2v) is 6.97. The second-order valence-electron chi connectivity index (χ2n) is 5.03. The number of halogens is 1. The van der Waals surface area contributed by atoms with Gasteiger partial charge in [-0.3, -0.25) is 0 Å². The number of hydrogen-bond acceptors (Lipinski definition) is 5. The van der Waals surface area contributed by atoms with Crippen LogP contribution in [0.25, 0.3) is 0 Å². The zero-order chi connectivity index (χ0) is 15.6. The van der Waals surface area contributed by atoms with Crippen LogP contribution in [0.3, 0.4) is 0 Å². The monoisotopic (exact) mass is 318 g/mol. The third-order valence-electron chi connectivity index (χ3n) is 3.37. The van der Waals surface area contributed by atoms with Gasteiger partial charge in [0.25, 0.3) is 0 Å². The average Bonchev–Trinajstić information content (AvgIpc) is 2.46. The van der Waals surface area contributed by atoms with E-state index >= 15 is 0 Å². The molecule has 0 bridgehead atoms. The number of nitrogens with two attached hydrogens (primary N) is 1. The molecule has 6 nitrogen and oxygen atoms in total. The molecule has 0 spiro atoms. The number of benzene rings is 1. The van der Waals surface area contributed by atoms with Gasteiger partial charge in [-0.2, -0.15) is 4.31 Å². The Morgan fingerprint density at radius 3 is 2.81 bits per heavy atom. The first-order valence-electron chi connectivity index (χ1n) is 6.63.